The van der Waals surface area contributed by atoms with Gasteiger partial charge in [-0.25, -0.2) is 4.98 Å². The Morgan fingerprint density at radius 2 is 1.83 bits per heavy atom. The lowest BCUT2D eigenvalue weighted by molar-refractivity contribution is -0.384. The largest absolute Gasteiger partial charge is 0.390 e. The normalized spacial score (nSPS) is 33.0. The van der Waals surface area contributed by atoms with Crippen molar-refractivity contribution in [1.82, 2.24) is 10.3 Å². The first-order valence-electron chi connectivity index (χ1n) is 13.0. The number of carbonyl (C=O) groups excluding carboxylic acids is 1. The minimum Gasteiger partial charge on any atom is -0.390 e. The third-order valence-corrected chi connectivity index (χ3v) is 8.85. The standard InChI is InChI=1S/C27H33N5O4/c1-17-16-30(21-5-7-22(8-6-21)32(35)36)9-10-31(17)24-4-2-3-23(28-24)26(33)29-25-19-11-18-12-20(25)15-27(34,13-18)14-19/h2-8,17-20,25,34H,9-16H2,1H3,(H,29,33)/t17-,18?,19?,20?,25?,27?/m1/s1. The first kappa shape index (κ1) is 23.2. The van der Waals surface area contributed by atoms with Crippen molar-refractivity contribution in [3.8, 4) is 0 Å². The number of piperazine rings is 1. The van der Waals surface area contributed by atoms with Crippen LogP contribution in [0, 0.1) is 27.9 Å². The molecule has 4 bridgehead atoms. The predicted octanol–water partition coefficient (Wildman–Crippen LogP) is 3.37. The van der Waals surface area contributed by atoms with E-state index in [-0.39, 0.29) is 28.6 Å². The SMILES string of the molecule is C[C@@H]1CN(c2ccc([N+](=O)[O-])cc2)CCN1c1cccc(C(=O)NC2C3CC4CC2CC(O)(C4)C3)n1. The van der Waals surface area contributed by atoms with Gasteiger partial charge in [0.15, 0.2) is 0 Å². The first-order chi connectivity index (χ1) is 17.3. The number of non-ortho nitro benzene ring substituents is 1. The lowest BCUT2D eigenvalue weighted by atomic mass is 9.52. The minimum atomic E-state index is -0.511. The van der Waals surface area contributed by atoms with Crippen LogP contribution in [-0.4, -0.2) is 58.2 Å². The van der Waals surface area contributed by atoms with Gasteiger partial charge in [0.25, 0.3) is 11.6 Å². The fourth-order valence-electron chi connectivity index (χ4n) is 7.47. The molecule has 1 amide bonds. The molecule has 9 heteroatoms. The number of benzene rings is 1. The van der Waals surface area contributed by atoms with Crippen molar-refractivity contribution < 1.29 is 14.8 Å². The van der Waals surface area contributed by atoms with E-state index in [1.807, 2.05) is 12.1 Å². The Labute approximate surface area is 210 Å². The summed E-state index contributed by atoms with van der Waals surface area (Å²) >= 11 is 0. The van der Waals surface area contributed by atoms with Crippen LogP contribution in [0.5, 0.6) is 0 Å². The van der Waals surface area contributed by atoms with Gasteiger partial charge in [0.2, 0.25) is 0 Å². The summed E-state index contributed by atoms with van der Waals surface area (Å²) in [6.45, 7) is 4.38. The summed E-state index contributed by atoms with van der Waals surface area (Å²) in [6.07, 6.45) is 4.74. The van der Waals surface area contributed by atoms with Crippen LogP contribution in [0.3, 0.4) is 0 Å². The molecule has 0 radical (unpaired) electrons. The summed E-state index contributed by atoms with van der Waals surface area (Å²) in [5.74, 6) is 1.99. The zero-order valence-corrected chi connectivity index (χ0v) is 20.5. The number of amides is 1. The topological polar surface area (TPSA) is 112 Å². The molecule has 9 nitrogen and oxygen atoms in total. The molecule has 4 aliphatic carbocycles. The van der Waals surface area contributed by atoms with Gasteiger partial charge in [-0.3, -0.25) is 14.9 Å². The van der Waals surface area contributed by atoms with Crippen LogP contribution in [0.15, 0.2) is 42.5 Å². The van der Waals surface area contributed by atoms with Gasteiger partial charge in [0, 0.05) is 49.5 Å². The van der Waals surface area contributed by atoms with E-state index in [1.165, 1.54) is 0 Å². The molecule has 1 aromatic heterocycles. The average Bonchev–Trinajstić information content (AvgIpc) is 2.85. The summed E-state index contributed by atoms with van der Waals surface area (Å²) in [6, 6.07) is 12.6. The summed E-state index contributed by atoms with van der Waals surface area (Å²) in [4.78, 5) is 33.0. The highest BCUT2D eigenvalue weighted by Gasteiger charge is 2.55. The van der Waals surface area contributed by atoms with Gasteiger partial charge >= 0.3 is 0 Å². The fourth-order valence-corrected chi connectivity index (χ4v) is 7.47. The van der Waals surface area contributed by atoms with Gasteiger partial charge in [-0.1, -0.05) is 6.07 Å². The van der Waals surface area contributed by atoms with Crippen molar-refractivity contribution in [2.75, 3.05) is 29.4 Å². The van der Waals surface area contributed by atoms with E-state index in [2.05, 4.69) is 22.0 Å². The number of pyridine rings is 1. The molecular weight excluding hydrogens is 458 g/mol. The lowest BCUT2D eigenvalue weighted by Crippen LogP contribution is -2.61. The molecule has 1 aliphatic heterocycles. The smallest absolute Gasteiger partial charge is 0.270 e. The number of hydrogen-bond donors (Lipinski definition) is 2. The molecule has 36 heavy (non-hydrogen) atoms. The Bertz CT molecular complexity index is 1160. The van der Waals surface area contributed by atoms with E-state index in [9.17, 15) is 20.0 Å². The van der Waals surface area contributed by atoms with Crippen molar-refractivity contribution in [3.63, 3.8) is 0 Å². The summed E-state index contributed by atoms with van der Waals surface area (Å²) in [7, 11) is 0. The Morgan fingerprint density at radius 1 is 1.11 bits per heavy atom. The molecule has 5 aliphatic rings. The molecule has 5 fully saturated rings. The van der Waals surface area contributed by atoms with Crippen molar-refractivity contribution >= 4 is 23.1 Å². The number of nitrogens with zero attached hydrogens (tertiary/aromatic N) is 4. The zero-order valence-electron chi connectivity index (χ0n) is 20.5. The Balaban J connectivity index is 1.11. The minimum absolute atomic E-state index is 0.0919. The molecule has 7 rings (SSSR count). The second-order valence-electron chi connectivity index (χ2n) is 11.3. The highest BCUT2D eigenvalue weighted by atomic mass is 16.6. The van der Waals surface area contributed by atoms with E-state index in [4.69, 9.17) is 4.98 Å². The third-order valence-electron chi connectivity index (χ3n) is 8.85. The summed E-state index contributed by atoms with van der Waals surface area (Å²) < 4.78 is 0. The van der Waals surface area contributed by atoms with Gasteiger partial charge in [-0.2, -0.15) is 0 Å². The number of aromatic nitrogens is 1. The quantitative estimate of drug-likeness (QED) is 0.487. The summed E-state index contributed by atoms with van der Waals surface area (Å²) in [5, 5.41) is 25.1. The van der Waals surface area contributed by atoms with Gasteiger partial charge < -0.3 is 20.2 Å². The average molecular weight is 492 g/mol. The lowest BCUT2D eigenvalue weighted by Gasteiger charge is -2.58. The zero-order chi connectivity index (χ0) is 25.0. The molecule has 190 valence electrons. The van der Waals surface area contributed by atoms with Crippen LogP contribution < -0.4 is 15.1 Å². The van der Waals surface area contributed by atoms with E-state index in [1.54, 1.807) is 30.3 Å². The molecule has 0 spiro atoms. The number of anilines is 2. The highest BCUT2D eigenvalue weighted by molar-refractivity contribution is 5.93. The van der Waals surface area contributed by atoms with Crippen molar-refractivity contribution in [3.05, 3.63) is 58.3 Å². The molecule has 2 aromatic rings. The van der Waals surface area contributed by atoms with Crippen molar-refractivity contribution in [2.45, 2.75) is 56.7 Å². The monoisotopic (exact) mass is 491 g/mol. The molecule has 1 saturated heterocycles. The fraction of sp³-hybridized carbons (Fsp3) is 0.556. The number of rotatable bonds is 5. The van der Waals surface area contributed by atoms with E-state index >= 15 is 0 Å². The number of nitrogens with one attached hydrogen (secondary N) is 1. The number of carbonyl (C=O) groups is 1. The Hall–Kier alpha value is -3.20. The Kier molecular flexibility index (Phi) is 5.63. The van der Waals surface area contributed by atoms with Crippen molar-refractivity contribution in [2.24, 2.45) is 17.8 Å². The van der Waals surface area contributed by atoms with Gasteiger partial charge in [-0.15, -0.1) is 0 Å². The van der Waals surface area contributed by atoms with Crippen LogP contribution >= 0.6 is 0 Å². The second kappa shape index (κ2) is 8.73. The maximum absolute atomic E-state index is 13.2. The van der Waals surface area contributed by atoms with E-state index in [0.717, 1.165) is 63.2 Å². The van der Waals surface area contributed by atoms with Gasteiger partial charge in [-0.05, 0) is 81.0 Å². The van der Waals surface area contributed by atoms with Crippen LogP contribution in [-0.2, 0) is 0 Å². The van der Waals surface area contributed by atoms with Crippen LogP contribution in [0.2, 0.25) is 0 Å². The molecule has 1 aromatic carbocycles. The number of nitro benzene ring substituents is 1. The summed E-state index contributed by atoms with van der Waals surface area (Å²) in [5.41, 5.74) is 0.982. The van der Waals surface area contributed by atoms with Crippen LogP contribution in [0.1, 0.15) is 49.5 Å². The van der Waals surface area contributed by atoms with Crippen molar-refractivity contribution in [1.29, 1.82) is 0 Å². The number of hydrogen-bond acceptors (Lipinski definition) is 7. The van der Waals surface area contributed by atoms with E-state index in [0.29, 0.717) is 23.4 Å². The molecular formula is C27H33N5O4. The maximum Gasteiger partial charge on any atom is 0.270 e. The molecule has 2 heterocycles. The molecule has 2 N–H and O–H groups in total. The second-order valence-corrected chi connectivity index (χ2v) is 11.3. The first-order valence-corrected chi connectivity index (χ1v) is 13.0. The van der Waals surface area contributed by atoms with Crippen LogP contribution in [0.25, 0.3) is 0 Å². The maximum atomic E-state index is 13.2. The molecule has 3 atom stereocenters. The number of nitro groups is 1. The molecule has 2 unspecified atom stereocenters. The van der Waals surface area contributed by atoms with Gasteiger partial charge in [0.05, 0.1) is 10.5 Å². The number of aliphatic hydroxyl groups is 1. The predicted molar refractivity (Wildman–Crippen MR) is 136 cm³/mol. The third kappa shape index (κ3) is 4.19. The highest BCUT2D eigenvalue weighted by Crippen LogP contribution is 2.55. The van der Waals surface area contributed by atoms with E-state index < -0.39 is 5.60 Å². The Morgan fingerprint density at radius 3 is 2.47 bits per heavy atom. The molecule has 4 saturated carbocycles. The van der Waals surface area contributed by atoms with Crippen LogP contribution in [0.4, 0.5) is 17.2 Å². The van der Waals surface area contributed by atoms with Gasteiger partial charge in [0.1, 0.15) is 11.5 Å².